The zero-order valence-corrected chi connectivity index (χ0v) is 17.2. The zero-order valence-electron chi connectivity index (χ0n) is 15.6. The van der Waals surface area contributed by atoms with Crippen LogP contribution in [0.1, 0.15) is 38.5 Å². The predicted molar refractivity (Wildman–Crippen MR) is 114 cm³/mol. The van der Waals surface area contributed by atoms with Crippen LogP contribution in [0.4, 0.5) is 17.1 Å². The number of nitro groups is 1. The van der Waals surface area contributed by atoms with Crippen LogP contribution in [0.3, 0.4) is 0 Å². The number of anilines is 2. The summed E-state index contributed by atoms with van der Waals surface area (Å²) in [6, 6.07) is 9.74. The van der Waals surface area contributed by atoms with E-state index in [0.717, 1.165) is 50.3 Å². The maximum absolute atomic E-state index is 12.9. The molecule has 0 aromatic heterocycles. The van der Waals surface area contributed by atoms with Crippen LogP contribution in [-0.2, 0) is 10.0 Å². The third-order valence-corrected chi connectivity index (χ3v) is 6.25. The fourth-order valence-electron chi connectivity index (χ4n) is 3.06. The van der Waals surface area contributed by atoms with Gasteiger partial charge in [0.05, 0.1) is 10.6 Å². The standard InChI is InChI=1S/C19H21ClN4O4S/c20-14-7-9-16(10-8-14)23-29(27,28)19-13-17(24(25)26)11-12-18(19)22-21-15-5-3-1-2-4-6-15/h7-13,22-23H,1-6H2. The number of benzene rings is 2. The molecule has 0 bridgehead atoms. The monoisotopic (exact) mass is 436 g/mol. The molecule has 0 saturated heterocycles. The molecule has 10 heteroatoms. The van der Waals surface area contributed by atoms with Crippen LogP contribution in [0.5, 0.6) is 0 Å². The third-order valence-electron chi connectivity index (χ3n) is 4.58. The van der Waals surface area contributed by atoms with Gasteiger partial charge in [-0.25, -0.2) is 8.42 Å². The number of hydrazone groups is 1. The fourth-order valence-corrected chi connectivity index (χ4v) is 4.42. The number of nitrogens with one attached hydrogen (secondary N) is 2. The van der Waals surface area contributed by atoms with Gasteiger partial charge in [0.25, 0.3) is 15.7 Å². The van der Waals surface area contributed by atoms with E-state index in [9.17, 15) is 18.5 Å². The Bertz CT molecular complexity index is 1010. The van der Waals surface area contributed by atoms with Crippen LogP contribution >= 0.6 is 11.6 Å². The highest BCUT2D eigenvalue weighted by molar-refractivity contribution is 7.92. The van der Waals surface area contributed by atoms with Crippen molar-refractivity contribution in [2.75, 3.05) is 10.1 Å². The topological polar surface area (TPSA) is 114 Å². The minimum absolute atomic E-state index is 0.175. The molecular formula is C19H21ClN4O4S. The van der Waals surface area contributed by atoms with Crippen molar-refractivity contribution in [3.8, 4) is 0 Å². The normalized spacial score (nSPS) is 14.7. The van der Waals surface area contributed by atoms with Gasteiger partial charge in [-0.3, -0.25) is 20.3 Å². The van der Waals surface area contributed by atoms with Crippen LogP contribution in [-0.4, -0.2) is 19.1 Å². The number of hydrogen-bond donors (Lipinski definition) is 2. The first-order valence-corrected chi connectivity index (χ1v) is 11.1. The third kappa shape index (κ3) is 5.68. The number of sulfonamides is 1. The number of non-ortho nitro benzene ring substituents is 1. The second-order valence-electron chi connectivity index (χ2n) is 6.75. The van der Waals surface area contributed by atoms with E-state index in [0.29, 0.717) is 10.7 Å². The first kappa shape index (κ1) is 21.1. The summed E-state index contributed by atoms with van der Waals surface area (Å²) in [7, 11) is -4.10. The SMILES string of the molecule is O=[N+]([O-])c1ccc(NN=C2CCCCCC2)c(S(=O)(=O)Nc2ccc(Cl)cc2)c1. The first-order valence-electron chi connectivity index (χ1n) is 9.23. The predicted octanol–water partition coefficient (Wildman–Crippen LogP) is 5.17. The minimum Gasteiger partial charge on any atom is -0.280 e. The second kappa shape index (κ2) is 9.23. The minimum atomic E-state index is -4.10. The number of hydrogen-bond acceptors (Lipinski definition) is 6. The second-order valence-corrected chi connectivity index (χ2v) is 8.84. The summed E-state index contributed by atoms with van der Waals surface area (Å²) in [6.45, 7) is 0. The fraction of sp³-hybridized carbons (Fsp3) is 0.316. The van der Waals surface area contributed by atoms with Crippen LogP contribution in [0, 0.1) is 10.1 Å². The van der Waals surface area contributed by atoms with Gasteiger partial charge >= 0.3 is 0 Å². The summed E-state index contributed by atoms with van der Waals surface area (Å²) in [5.74, 6) is 0. The molecule has 1 saturated carbocycles. The van der Waals surface area contributed by atoms with Gasteiger partial charge in [0, 0.05) is 28.6 Å². The van der Waals surface area contributed by atoms with Gasteiger partial charge in [0.1, 0.15) is 4.90 Å². The van der Waals surface area contributed by atoms with Crippen molar-refractivity contribution >= 4 is 44.4 Å². The highest BCUT2D eigenvalue weighted by Gasteiger charge is 2.23. The Labute approximate surface area is 174 Å². The van der Waals surface area contributed by atoms with Gasteiger partial charge in [0.15, 0.2) is 0 Å². The van der Waals surface area contributed by atoms with Gasteiger partial charge < -0.3 is 0 Å². The lowest BCUT2D eigenvalue weighted by atomic mass is 10.2. The van der Waals surface area contributed by atoms with E-state index in [-0.39, 0.29) is 16.3 Å². The molecule has 3 rings (SSSR count). The molecule has 2 aromatic carbocycles. The number of rotatable bonds is 6. The molecule has 1 aliphatic carbocycles. The summed E-state index contributed by atoms with van der Waals surface area (Å²) in [6.07, 6.45) is 6.10. The number of nitrogens with zero attached hydrogens (tertiary/aromatic N) is 2. The van der Waals surface area contributed by atoms with Crippen molar-refractivity contribution in [2.24, 2.45) is 5.10 Å². The lowest BCUT2D eigenvalue weighted by Crippen LogP contribution is -2.15. The number of halogens is 1. The average Bonchev–Trinajstić information content (AvgIpc) is 2.96. The van der Waals surface area contributed by atoms with E-state index in [1.807, 2.05) is 0 Å². The zero-order chi connectivity index (χ0) is 20.9. The summed E-state index contributed by atoms with van der Waals surface area (Å²) < 4.78 is 28.3. The van der Waals surface area contributed by atoms with Gasteiger partial charge in [-0.05, 0) is 56.0 Å². The van der Waals surface area contributed by atoms with Crippen molar-refractivity contribution in [2.45, 2.75) is 43.4 Å². The molecule has 2 aromatic rings. The van der Waals surface area contributed by atoms with Crippen molar-refractivity contribution in [1.82, 2.24) is 0 Å². The Morgan fingerprint density at radius 3 is 2.28 bits per heavy atom. The van der Waals surface area contributed by atoms with Crippen LogP contribution < -0.4 is 10.1 Å². The lowest BCUT2D eigenvalue weighted by molar-refractivity contribution is -0.385. The molecule has 0 atom stereocenters. The molecule has 0 heterocycles. The van der Waals surface area contributed by atoms with Gasteiger partial charge in [-0.15, -0.1) is 0 Å². The van der Waals surface area contributed by atoms with E-state index < -0.39 is 14.9 Å². The summed E-state index contributed by atoms with van der Waals surface area (Å²) in [5, 5.41) is 16.0. The van der Waals surface area contributed by atoms with Crippen molar-refractivity contribution in [3.63, 3.8) is 0 Å². The highest BCUT2D eigenvalue weighted by Crippen LogP contribution is 2.29. The van der Waals surface area contributed by atoms with E-state index in [1.165, 1.54) is 24.3 Å². The average molecular weight is 437 g/mol. The molecule has 0 spiro atoms. The molecule has 154 valence electrons. The molecule has 29 heavy (non-hydrogen) atoms. The molecule has 0 amide bonds. The Morgan fingerprint density at radius 1 is 1.00 bits per heavy atom. The Morgan fingerprint density at radius 2 is 1.66 bits per heavy atom. The smallest absolute Gasteiger partial charge is 0.270 e. The summed E-state index contributed by atoms with van der Waals surface area (Å²) in [5.41, 5.74) is 3.91. The van der Waals surface area contributed by atoms with Crippen LogP contribution in [0.25, 0.3) is 0 Å². The largest absolute Gasteiger partial charge is 0.280 e. The van der Waals surface area contributed by atoms with E-state index in [4.69, 9.17) is 11.6 Å². The van der Waals surface area contributed by atoms with E-state index in [1.54, 1.807) is 12.1 Å². The number of nitro benzene ring substituents is 1. The van der Waals surface area contributed by atoms with E-state index in [2.05, 4.69) is 15.2 Å². The van der Waals surface area contributed by atoms with Crippen molar-refractivity contribution < 1.29 is 13.3 Å². The molecule has 8 nitrogen and oxygen atoms in total. The first-order chi connectivity index (χ1) is 13.8. The Hall–Kier alpha value is -2.65. The van der Waals surface area contributed by atoms with Gasteiger partial charge in [-0.2, -0.15) is 5.10 Å². The molecule has 2 N–H and O–H groups in total. The van der Waals surface area contributed by atoms with E-state index >= 15 is 0 Å². The molecule has 0 aliphatic heterocycles. The van der Waals surface area contributed by atoms with Gasteiger partial charge in [0.2, 0.25) is 0 Å². The molecular weight excluding hydrogens is 416 g/mol. The molecule has 0 radical (unpaired) electrons. The van der Waals surface area contributed by atoms with Crippen molar-refractivity contribution in [1.29, 1.82) is 0 Å². The molecule has 1 aliphatic rings. The molecule has 0 unspecified atom stereocenters. The molecule has 1 fully saturated rings. The lowest BCUT2D eigenvalue weighted by Gasteiger charge is -2.13. The summed E-state index contributed by atoms with van der Waals surface area (Å²) >= 11 is 5.83. The van der Waals surface area contributed by atoms with Crippen LogP contribution in [0.15, 0.2) is 52.5 Å². The van der Waals surface area contributed by atoms with Crippen molar-refractivity contribution in [3.05, 3.63) is 57.6 Å². The summed E-state index contributed by atoms with van der Waals surface area (Å²) in [4.78, 5) is 10.3. The van der Waals surface area contributed by atoms with Gasteiger partial charge in [-0.1, -0.05) is 24.4 Å². The Balaban J connectivity index is 1.93. The highest BCUT2D eigenvalue weighted by atomic mass is 35.5. The maximum atomic E-state index is 12.9. The quantitative estimate of drug-likeness (QED) is 0.368. The van der Waals surface area contributed by atoms with Crippen LogP contribution in [0.2, 0.25) is 5.02 Å². The maximum Gasteiger partial charge on any atom is 0.270 e. The Kier molecular flexibility index (Phi) is 6.71.